The first kappa shape index (κ1) is 41.5. The third kappa shape index (κ3) is 17.7. The van der Waals surface area contributed by atoms with Crippen molar-refractivity contribution in [1.82, 2.24) is 29.9 Å². The molecular weight excluding hydrogens is 655 g/mol. The van der Waals surface area contributed by atoms with E-state index in [4.69, 9.17) is 29.7 Å². The Labute approximate surface area is 254 Å². The number of carboxylic acid groups (broad SMARTS) is 3. The Hall–Kier alpha value is -4.47. The first-order valence-corrected chi connectivity index (χ1v) is 12.4. The fourth-order valence-corrected chi connectivity index (χ4v) is 3.11. The standard InChI is InChI=1S/C18H26N6O.3C2HF3O2/c1-22(2)10-9-20-18(25)16-12-23(11-15-3-6-19-7-4-15)14-17-5-8-21-24(17)13-16;3*3-2(4,5)1(6)7/h3-8,16H,9-14H2,1-2H3,(H,20,25);3*(H,6,7). The van der Waals surface area contributed by atoms with E-state index >= 15 is 0 Å². The molecule has 1 unspecified atom stereocenters. The number of nitrogens with zero attached hydrogens (tertiary/aromatic N) is 5. The highest BCUT2D eigenvalue weighted by Gasteiger charge is 2.39. The van der Waals surface area contributed by atoms with Crippen LogP contribution in [0.4, 0.5) is 39.5 Å². The van der Waals surface area contributed by atoms with Crippen molar-refractivity contribution in [2.24, 2.45) is 5.92 Å². The van der Waals surface area contributed by atoms with Gasteiger partial charge in [-0.1, -0.05) is 0 Å². The van der Waals surface area contributed by atoms with Gasteiger partial charge in [0.2, 0.25) is 5.91 Å². The molecule has 22 heteroatoms. The molecule has 1 amide bonds. The number of pyridine rings is 1. The van der Waals surface area contributed by atoms with Gasteiger partial charge in [-0.3, -0.25) is 19.4 Å². The quantitative estimate of drug-likeness (QED) is 0.329. The number of rotatable bonds is 6. The van der Waals surface area contributed by atoms with Crippen LogP contribution in [-0.2, 0) is 38.8 Å². The van der Waals surface area contributed by atoms with Crippen LogP contribution in [0, 0.1) is 5.92 Å². The fourth-order valence-electron chi connectivity index (χ4n) is 3.11. The van der Waals surface area contributed by atoms with Crippen molar-refractivity contribution >= 4 is 23.8 Å². The number of alkyl halides is 9. The minimum Gasteiger partial charge on any atom is -0.475 e. The predicted molar refractivity (Wildman–Crippen MR) is 137 cm³/mol. The Balaban J connectivity index is 0.000000786. The molecule has 4 N–H and O–H groups in total. The second kappa shape index (κ2) is 18.5. The zero-order valence-electron chi connectivity index (χ0n) is 23.9. The molecule has 0 bridgehead atoms. The number of likely N-dealkylation sites (N-methyl/N-ethyl adjacent to an activating group) is 1. The average molecular weight is 685 g/mol. The summed E-state index contributed by atoms with van der Waals surface area (Å²) >= 11 is 0. The van der Waals surface area contributed by atoms with Crippen LogP contribution in [0.1, 0.15) is 11.3 Å². The van der Waals surface area contributed by atoms with Crippen LogP contribution in [-0.4, -0.2) is 116 Å². The first-order valence-electron chi connectivity index (χ1n) is 12.4. The maximum absolute atomic E-state index is 12.7. The van der Waals surface area contributed by atoms with E-state index in [0.717, 1.165) is 31.9 Å². The van der Waals surface area contributed by atoms with E-state index in [2.05, 4.69) is 25.2 Å². The number of nitrogens with one attached hydrogen (secondary N) is 1. The van der Waals surface area contributed by atoms with Crippen molar-refractivity contribution in [2.45, 2.75) is 38.2 Å². The second-order valence-electron chi connectivity index (χ2n) is 9.23. The van der Waals surface area contributed by atoms with Crippen molar-refractivity contribution in [3.05, 3.63) is 48.0 Å². The van der Waals surface area contributed by atoms with Gasteiger partial charge in [0.25, 0.3) is 0 Å². The number of halogens is 9. The molecule has 46 heavy (non-hydrogen) atoms. The molecule has 2 aromatic heterocycles. The van der Waals surface area contributed by atoms with Crippen molar-refractivity contribution in [1.29, 1.82) is 0 Å². The number of hydrogen-bond acceptors (Lipinski definition) is 8. The predicted octanol–water partition coefficient (Wildman–Crippen LogP) is 2.49. The third-order valence-electron chi connectivity index (χ3n) is 5.17. The molecule has 1 aliphatic rings. The Morgan fingerprint density at radius 3 is 1.70 bits per heavy atom. The topological polar surface area (TPSA) is 178 Å². The van der Waals surface area contributed by atoms with Gasteiger partial charge < -0.3 is 25.5 Å². The maximum Gasteiger partial charge on any atom is 0.490 e. The van der Waals surface area contributed by atoms with E-state index < -0.39 is 36.4 Å². The highest BCUT2D eigenvalue weighted by atomic mass is 19.4. The van der Waals surface area contributed by atoms with Crippen LogP contribution in [0.3, 0.4) is 0 Å². The SMILES string of the molecule is CN(C)CCNC(=O)C1CN(Cc2ccncc2)Cc2ccnn2C1.O=C(O)C(F)(F)F.O=C(O)C(F)(F)F.O=C(O)C(F)(F)F. The van der Waals surface area contributed by atoms with Gasteiger partial charge in [0.15, 0.2) is 0 Å². The molecule has 1 aliphatic heterocycles. The van der Waals surface area contributed by atoms with Crippen LogP contribution >= 0.6 is 0 Å². The molecule has 0 aromatic carbocycles. The van der Waals surface area contributed by atoms with Crippen LogP contribution in [0.25, 0.3) is 0 Å². The summed E-state index contributed by atoms with van der Waals surface area (Å²) in [5.41, 5.74) is 2.35. The summed E-state index contributed by atoms with van der Waals surface area (Å²) in [4.78, 5) is 47.8. The minimum absolute atomic E-state index is 0.102. The van der Waals surface area contributed by atoms with Gasteiger partial charge >= 0.3 is 36.4 Å². The Morgan fingerprint density at radius 2 is 1.28 bits per heavy atom. The second-order valence-corrected chi connectivity index (χ2v) is 9.23. The molecule has 0 saturated carbocycles. The van der Waals surface area contributed by atoms with Crippen LogP contribution in [0.15, 0.2) is 36.8 Å². The Kier molecular flexibility index (Phi) is 16.7. The zero-order valence-corrected chi connectivity index (χ0v) is 23.9. The van der Waals surface area contributed by atoms with Crippen molar-refractivity contribution < 1.29 is 74.0 Å². The Morgan fingerprint density at radius 1 is 0.826 bits per heavy atom. The molecular formula is C24H29F9N6O7. The number of aromatic nitrogens is 3. The van der Waals surface area contributed by atoms with E-state index in [1.807, 2.05) is 55.6 Å². The summed E-state index contributed by atoms with van der Waals surface area (Å²) in [6.45, 7) is 4.45. The number of hydrogen-bond donors (Lipinski definition) is 4. The van der Waals surface area contributed by atoms with Gasteiger partial charge in [-0.2, -0.15) is 44.6 Å². The van der Waals surface area contributed by atoms with Crippen LogP contribution in [0.2, 0.25) is 0 Å². The summed E-state index contributed by atoms with van der Waals surface area (Å²) in [6, 6.07) is 6.08. The maximum atomic E-state index is 12.7. The summed E-state index contributed by atoms with van der Waals surface area (Å²) in [5.74, 6) is -8.28. The smallest absolute Gasteiger partial charge is 0.475 e. The molecule has 1 atom stereocenters. The van der Waals surface area contributed by atoms with Crippen LogP contribution in [0.5, 0.6) is 0 Å². The molecule has 0 aliphatic carbocycles. The van der Waals surface area contributed by atoms with E-state index in [1.165, 1.54) is 5.56 Å². The highest BCUT2D eigenvalue weighted by Crippen LogP contribution is 2.18. The zero-order chi connectivity index (χ0) is 35.9. The number of amides is 1. The largest absolute Gasteiger partial charge is 0.490 e. The van der Waals surface area contributed by atoms with Crippen LogP contribution < -0.4 is 5.32 Å². The van der Waals surface area contributed by atoms with Gasteiger partial charge in [-0.05, 0) is 37.9 Å². The van der Waals surface area contributed by atoms with E-state index in [0.29, 0.717) is 13.1 Å². The lowest BCUT2D eigenvalue weighted by Gasteiger charge is -2.23. The van der Waals surface area contributed by atoms with Gasteiger partial charge in [-0.25, -0.2) is 14.4 Å². The highest BCUT2D eigenvalue weighted by molar-refractivity contribution is 5.79. The molecule has 3 heterocycles. The molecule has 0 spiro atoms. The van der Waals surface area contributed by atoms with Gasteiger partial charge in [0.05, 0.1) is 18.2 Å². The number of fused-ring (bicyclic) bond motifs is 1. The summed E-state index contributed by atoms with van der Waals surface area (Å²) < 4.78 is 97.2. The van der Waals surface area contributed by atoms with E-state index in [1.54, 1.807) is 0 Å². The third-order valence-corrected chi connectivity index (χ3v) is 5.17. The van der Waals surface area contributed by atoms with Crippen molar-refractivity contribution in [2.75, 3.05) is 33.7 Å². The van der Waals surface area contributed by atoms with Crippen molar-refractivity contribution in [3.8, 4) is 0 Å². The lowest BCUT2D eigenvalue weighted by molar-refractivity contribution is -0.193. The fraction of sp³-hybridized carbons (Fsp3) is 0.500. The molecule has 0 saturated heterocycles. The number of carboxylic acids is 3. The molecule has 0 radical (unpaired) electrons. The molecule has 2 aromatic rings. The minimum atomic E-state index is -5.08. The van der Waals surface area contributed by atoms with E-state index in [-0.39, 0.29) is 11.8 Å². The molecule has 260 valence electrons. The lowest BCUT2D eigenvalue weighted by Crippen LogP contribution is -2.41. The number of aliphatic carboxylic acids is 3. The van der Waals surface area contributed by atoms with E-state index in [9.17, 15) is 44.3 Å². The normalized spacial score (nSPS) is 14.9. The van der Waals surface area contributed by atoms with Gasteiger partial charge in [-0.15, -0.1) is 0 Å². The summed E-state index contributed by atoms with van der Waals surface area (Å²) in [5, 5.41) is 28.8. The number of carbonyl (C=O) groups excluding carboxylic acids is 1. The summed E-state index contributed by atoms with van der Waals surface area (Å²) in [6.07, 6.45) is -9.82. The van der Waals surface area contributed by atoms with Gasteiger partial charge in [0, 0.05) is 51.3 Å². The Bertz CT molecular complexity index is 1200. The molecule has 3 rings (SSSR count). The molecule has 0 fully saturated rings. The average Bonchev–Trinajstić information content (AvgIpc) is 3.26. The number of carbonyl (C=O) groups is 4. The molecule has 13 nitrogen and oxygen atoms in total. The van der Waals surface area contributed by atoms with Crippen molar-refractivity contribution in [3.63, 3.8) is 0 Å². The van der Waals surface area contributed by atoms with Gasteiger partial charge in [0.1, 0.15) is 0 Å². The summed E-state index contributed by atoms with van der Waals surface area (Å²) in [7, 11) is 4.01. The lowest BCUT2D eigenvalue weighted by atomic mass is 10.1. The first-order chi connectivity index (χ1) is 20.9. The monoisotopic (exact) mass is 684 g/mol.